The van der Waals surface area contributed by atoms with Crippen molar-refractivity contribution in [1.29, 1.82) is 0 Å². The number of aliphatic hydroxyl groups is 1. The Balaban J connectivity index is 2.56. The summed E-state index contributed by atoms with van der Waals surface area (Å²) in [4.78, 5) is 0. The summed E-state index contributed by atoms with van der Waals surface area (Å²) in [5.74, 6) is 0.387. The zero-order valence-electron chi connectivity index (χ0n) is 11.5. The van der Waals surface area contributed by atoms with Gasteiger partial charge in [0.25, 0.3) is 0 Å². The quantitative estimate of drug-likeness (QED) is 0.793. The van der Waals surface area contributed by atoms with Crippen LogP contribution in [0.2, 0.25) is 0 Å². The second-order valence-corrected chi connectivity index (χ2v) is 4.73. The van der Waals surface area contributed by atoms with E-state index in [9.17, 15) is 9.50 Å². The summed E-state index contributed by atoms with van der Waals surface area (Å²) in [7, 11) is 1.58. The van der Waals surface area contributed by atoms with Crippen molar-refractivity contribution in [2.45, 2.75) is 20.1 Å². The predicted octanol–water partition coefficient (Wildman–Crippen LogP) is 3.45. The molecule has 1 N–H and O–H groups in total. The first-order valence-electron chi connectivity index (χ1n) is 6.59. The standard InChI is InChI=1S/C16H16FNO2/c1-3-18-13-6-4-10(9-19)8-11(13)15-14(20-2)7-5-12(17)16(15)18/h4-8,19H,3,9H2,1-2H3. The summed E-state index contributed by atoms with van der Waals surface area (Å²) in [5.41, 5.74) is 2.30. The molecule has 0 aliphatic carbocycles. The molecule has 4 heteroatoms. The highest BCUT2D eigenvalue weighted by atomic mass is 19.1. The van der Waals surface area contributed by atoms with Crippen LogP contribution in [0.3, 0.4) is 0 Å². The van der Waals surface area contributed by atoms with Gasteiger partial charge in [0.05, 0.1) is 24.6 Å². The predicted molar refractivity (Wildman–Crippen MR) is 77.6 cm³/mol. The molecule has 0 saturated carbocycles. The molecule has 0 fully saturated rings. The van der Waals surface area contributed by atoms with Crippen LogP contribution in [0.25, 0.3) is 21.8 Å². The van der Waals surface area contributed by atoms with Crippen molar-refractivity contribution in [3.8, 4) is 5.75 Å². The third-order valence-corrected chi connectivity index (χ3v) is 3.70. The number of methoxy groups -OCH3 is 1. The summed E-state index contributed by atoms with van der Waals surface area (Å²) in [6.07, 6.45) is 0. The summed E-state index contributed by atoms with van der Waals surface area (Å²) in [6, 6.07) is 8.74. The molecule has 0 saturated heterocycles. The molecule has 20 heavy (non-hydrogen) atoms. The van der Waals surface area contributed by atoms with Crippen LogP contribution in [0, 0.1) is 5.82 Å². The molecular weight excluding hydrogens is 257 g/mol. The van der Waals surface area contributed by atoms with Crippen LogP contribution in [0.5, 0.6) is 5.75 Å². The van der Waals surface area contributed by atoms with Crippen molar-refractivity contribution < 1.29 is 14.2 Å². The van der Waals surface area contributed by atoms with Gasteiger partial charge in [-0.2, -0.15) is 0 Å². The van der Waals surface area contributed by atoms with Gasteiger partial charge in [0.2, 0.25) is 0 Å². The molecule has 0 amide bonds. The molecule has 0 atom stereocenters. The molecule has 0 bridgehead atoms. The molecule has 3 nitrogen and oxygen atoms in total. The fraction of sp³-hybridized carbons (Fsp3) is 0.250. The number of nitrogens with zero attached hydrogens (tertiary/aromatic N) is 1. The highest BCUT2D eigenvalue weighted by Crippen LogP contribution is 2.37. The fourth-order valence-corrected chi connectivity index (χ4v) is 2.81. The van der Waals surface area contributed by atoms with E-state index in [0.29, 0.717) is 17.8 Å². The largest absolute Gasteiger partial charge is 0.496 e. The van der Waals surface area contributed by atoms with E-state index < -0.39 is 0 Å². The number of aromatic nitrogens is 1. The van der Waals surface area contributed by atoms with Gasteiger partial charge >= 0.3 is 0 Å². The molecule has 1 aromatic heterocycles. The van der Waals surface area contributed by atoms with Crippen LogP contribution in [0.4, 0.5) is 4.39 Å². The fourth-order valence-electron chi connectivity index (χ4n) is 2.81. The Bertz CT molecular complexity index is 792. The molecule has 0 aliphatic rings. The van der Waals surface area contributed by atoms with Crippen molar-refractivity contribution in [1.82, 2.24) is 4.57 Å². The lowest BCUT2D eigenvalue weighted by Gasteiger charge is -2.05. The van der Waals surface area contributed by atoms with Crippen molar-refractivity contribution in [2.24, 2.45) is 0 Å². The van der Waals surface area contributed by atoms with Crippen molar-refractivity contribution in [3.05, 3.63) is 41.7 Å². The van der Waals surface area contributed by atoms with E-state index in [1.807, 2.05) is 29.7 Å². The first-order valence-corrected chi connectivity index (χ1v) is 6.59. The maximum atomic E-state index is 14.2. The SMILES string of the molecule is CCn1c2ccc(CO)cc2c2c(OC)ccc(F)c21. The molecule has 0 radical (unpaired) electrons. The Kier molecular flexibility index (Phi) is 3.10. The van der Waals surface area contributed by atoms with Gasteiger partial charge in [-0.25, -0.2) is 4.39 Å². The van der Waals surface area contributed by atoms with E-state index in [0.717, 1.165) is 21.9 Å². The number of rotatable bonds is 3. The maximum Gasteiger partial charge on any atom is 0.147 e. The maximum absolute atomic E-state index is 14.2. The summed E-state index contributed by atoms with van der Waals surface area (Å²) < 4.78 is 21.6. The third-order valence-electron chi connectivity index (χ3n) is 3.70. The minimum Gasteiger partial charge on any atom is -0.496 e. The van der Waals surface area contributed by atoms with Crippen LogP contribution in [0.15, 0.2) is 30.3 Å². The number of aryl methyl sites for hydroxylation is 1. The number of hydrogen-bond donors (Lipinski definition) is 1. The Morgan fingerprint density at radius 2 is 2.05 bits per heavy atom. The minimum absolute atomic E-state index is 0.0353. The number of fused-ring (bicyclic) bond motifs is 3. The van der Waals surface area contributed by atoms with Crippen LogP contribution >= 0.6 is 0 Å². The van der Waals surface area contributed by atoms with E-state index in [4.69, 9.17) is 4.74 Å². The van der Waals surface area contributed by atoms with Gasteiger partial charge in [-0.05, 0) is 36.8 Å². The topological polar surface area (TPSA) is 34.4 Å². The second-order valence-electron chi connectivity index (χ2n) is 4.73. The Morgan fingerprint density at radius 3 is 2.70 bits per heavy atom. The molecule has 0 unspecified atom stereocenters. The van der Waals surface area contributed by atoms with Crippen LogP contribution in [-0.2, 0) is 13.2 Å². The minimum atomic E-state index is -0.260. The molecule has 104 valence electrons. The van der Waals surface area contributed by atoms with Crippen LogP contribution in [0.1, 0.15) is 12.5 Å². The van der Waals surface area contributed by atoms with Crippen LogP contribution in [-0.4, -0.2) is 16.8 Å². The molecule has 0 aliphatic heterocycles. The Labute approximate surface area is 116 Å². The van der Waals surface area contributed by atoms with Gasteiger partial charge in [0, 0.05) is 17.4 Å². The summed E-state index contributed by atoms with van der Waals surface area (Å²) >= 11 is 0. The lowest BCUT2D eigenvalue weighted by atomic mass is 10.1. The molecule has 2 aromatic carbocycles. The van der Waals surface area contributed by atoms with Gasteiger partial charge in [0.1, 0.15) is 11.6 Å². The van der Waals surface area contributed by atoms with Gasteiger partial charge in [-0.1, -0.05) is 6.07 Å². The number of hydrogen-bond acceptors (Lipinski definition) is 2. The zero-order chi connectivity index (χ0) is 14.3. The molecule has 1 heterocycles. The van der Waals surface area contributed by atoms with Gasteiger partial charge in [0.15, 0.2) is 0 Å². The smallest absolute Gasteiger partial charge is 0.147 e. The van der Waals surface area contributed by atoms with Crippen molar-refractivity contribution >= 4 is 21.8 Å². The van der Waals surface area contributed by atoms with Crippen molar-refractivity contribution in [2.75, 3.05) is 7.11 Å². The first kappa shape index (κ1) is 12.9. The summed E-state index contributed by atoms with van der Waals surface area (Å²) in [6.45, 7) is 2.62. The Hall–Kier alpha value is -2.07. The van der Waals surface area contributed by atoms with Crippen LogP contribution < -0.4 is 4.74 Å². The number of benzene rings is 2. The molecule has 3 rings (SSSR count). The average molecular weight is 273 g/mol. The lowest BCUT2D eigenvalue weighted by molar-refractivity contribution is 0.282. The average Bonchev–Trinajstić information content (AvgIpc) is 2.82. The number of ether oxygens (including phenoxy) is 1. The monoisotopic (exact) mass is 273 g/mol. The van der Waals surface area contributed by atoms with Gasteiger partial charge in [-0.15, -0.1) is 0 Å². The number of halogens is 1. The van der Waals surface area contributed by atoms with E-state index >= 15 is 0 Å². The summed E-state index contributed by atoms with van der Waals surface area (Å²) in [5, 5.41) is 11.0. The second kappa shape index (κ2) is 4.80. The molecule has 0 spiro atoms. The third kappa shape index (κ3) is 1.68. The highest BCUT2D eigenvalue weighted by molar-refractivity contribution is 6.11. The van der Waals surface area contributed by atoms with E-state index in [1.54, 1.807) is 13.2 Å². The van der Waals surface area contributed by atoms with E-state index in [2.05, 4.69) is 0 Å². The normalized spacial score (nSPS) is 11.4. The Morgan fingerprint density at radius 1 is 1.25 bits per heavy atom. The van der Waals surface area contributed by atoms with E-state index in [1.165, 1.54) is 6.07 Å². The highest BCUT2D eigenvalue weighted by Gasteiger charge is 2.17. The molecular formula is C16H16FNO2. The van der Waals surface area contributed by atoms with Gasteiger partial charge < -0.3 is 14.4 Å². The lowest BCUT2D eigenvalue weighted by Crippen LogP contribution is -1.96. The zero-order valence-corrected chi connectivity index (χ0v) is 11.5. The first-order chi connectivity index (χ1) is 9.71. The van der Waals surface area contributed by atoms with E-state index in [-0.39, 0.29) is 12.4 Å². The number of aliphatic hydroxyl groups excluding tert-OH is 1. The molecule has 3 aromatic rings. The van der Waals surface area contributed by atoms with Crippen molar-refractivity contribution in [3.63, 3.8) is 0 Å². The van der Waals surface area contributed by atoms with Gasteiger partial charge in [-0.3, -0.25) is 0 Å².